The van der Waals surface area contributed by atoms with Crippen LogP contribution in [0.4, 0.5) is 0 Å². The van der Waals surface area contributed by atoms with E-state index in [-0.39, 0.29) is 23.8 Å². The van der Waals surface area contributed by atoms with Crippen molar-refractivity contribution in [3.8, 4) is 5.88 Å². The van der Waals surface area contributed by atoms with E-state index in [2.05, 4.69) is 46.2 Å². The highest BCUT2D eigenvalue weighted by Gasteiger charge is 2.34. The molecule has 0 radical (unpaired) electrons. The molecule has 3 aromatic rings. The van der Waals surface area contributed by atoms with Crippen molar-refractivity contribution in [1.29, 1.82) is 0 Å². The molecule has 30 heavy (non-hydrogen) atoms. The van der Waals surface area contributed by atoms with Crippen molar-refractivity contribution in [3.05, 3.63) is 46.1 Å². The Morgan fingerprint density at radius 3 is 2.50 bits per heavy atom. The van der Waals surface area contributed by atoms with Gasteiger partial charge in [0.1, 0.15) is 0 Å². The Labute approximate surface area is 180 Å². The number of carbonyl (C=O) groups is 1. The first kappa shape index (κ1) is 20.8. The van der Waals surface area contributed by atoms with Gasteiger partial charge >= 0.3 is 5.97 Å². The van der Waals surface area contributed by atoms with E-state index in [1.165, 1.54) is 24.0 Å². The van der Waals surface area contributed by atoms with Gasteiger partial charge in [0.25, 0.3) is 0 Å². The molecule has 3 heterocycles. The molecule has 1 aliphatic heterocycles. The van der Waals surface area contributed by atoms with Gasteiger partial charge in [0.15, 0.2) is 5.82 Å². The van der Waals surface area contributed by atoms with Gasteiger partial charge in [-0.2, -0.15) is 4.52 Å². The molecular weight excluding hydrogens is 400 g/mol. The van der Waals surface area contributed by atoms with Gasteiger partial charge in [0.05, 0.1) is 23.9 Å². The summed E-state index contributed by atoms with van der Waals surface area (Å²) in [6.45, 7) is 5.66. The first-order valence-corrected chi connectivity index (χ1v) is 11.3. The lowest BCUT2D eigenvalue weighted by atomic mass is 9.93. The average Bonchev–Trinajstić information content (AvgIpc) is 3.33. The number of rotatable bonds is 6. The topological polar surface area (TPSA) is 80.0 Å². The van der Waals surface area contributed by atoms with Crippen molar-refractivity contribution in [3.63, 3.8) is 0 Å². The van der Waals surface area contributed by atoms with E-state index in [9.17, 15) is 9.90 Å². The second-order valence-corrected chi connectivity index (χ2v) is 8.71. The number of ether oxygens (including phenoxy) is 1. The monoisotopic (exact) mass is 428 g/mol. The molecule has 1 aliphatic rings. The fourth-order valence-electron chi connectivity index (χ4n) is 4.14. The molecule has 1 aromatic carbocycles. The molecule has 4 rings (SSSR count). The maximum atomic E-state index is 12.0. The predicted molar refractivity (Wildman–Crippen MR) is 116 cm³/mol. The van der Waals surface area contributed by atoms with Crippen molar-refractivity contribution in [2.45, 2.75) is 45.6 Å². The third-order valence-corrected chi connectivity index (χ3v) is 7.01. The summed E-state index contributed by atoms with van der Waals surface area (Å²) < 4.78 is 6.48. The zero-order valence-corrected chi connectivity index (χ0v) is 18.5. The van der Waals surface area contributed by atoms with Crippen LogP contribution in [0, 0.1) is 5.92 Å². The van der Waals surface area contributed by atoms with Gasteiger partial charge in [-0.05, 0) is 43.5 Å². The molecule has 160 valence electrons. The Kier molecular flexibility index (Phi) is 6.06. The predicted octanol–water partition coefficient (Wildman–Crippen LogP) is 3.60. The summed E-state index contributed by atoms with van der Waals surface area (Å²) in [5, 5.41) is 15.4. The lowest BCUT2D eigenvalue weighted by Crippen LogP contribution is -2.39. The number of aromatic nitrogens is 3. The standard InChI is InChI=1S/C22H28N4O3S/c1-4-14-6-8-15(9-7-14)18(25-12-10-16(11-13-25)21(28)29-3)19-20(27)26-22(30-19)23-17(5-2)24-26/h6-9,16,18,27H,4-5,10-13H2,1-3H3/t18-/m0/s1. The highest BCUT2D eigenvalue weighted by atomic mass is 32.1. The van der Waals surface area contributed by atoms with Gasteiger partial charge in [-0.1, -0.05) is 49.4 Å². The van der Waals surface area contributed by atoms with Gasteiger partial charge in [-0.3, -0.25) is 9.69 Å². The number of piperidine rings is 1. The Balaban J connectivity index is 1.70. The molecule has 1 N–H and O–H groups in total. The minimum Gasteiger partial charge on any atom is -0.492 e. The first-order valence-electron chi connectivity index (χ1n) is 10.5. The van der Waals surface area contributed by atoms with E-state index in [4.69, 9.17) is 4.74 Å². The zero-order chi connectivity index (χ0) is 21.3. The number of thiazole rings is 1. The van der Waals surface area contributed by atoms with Crippen LogP contribution in [0.5, 0.6) is 5.88 Å². The van der Waals surface area contributed by atoms with Gasteiger partial charge < -0.3 is 9.84 Å². The lowest BCUT2D eigenvalue weighted by Gasteiger charge is -2.36. The van der Waals surface area contributed by atoms with Crippen LogP contribution in [0.3, 0.4) is 0 Å². The molecule has 0 aliphatic carbocycles. The summed E-state index contributed by atoms with van der Waals surface area (Å²) in [5.74, 6) is 0.692. The SMILES string of the molecule is CCc1ccc([C@@H](c2sc3nc(CC)nn3c2O)N2CCC(C(=O)OC)CC2)cc1. The molecule has 0 unspecified atom stereocenters. The molecule has 1 atom stereocenters. The van der Waals surface area contributed by atoms with Crippen LogP contribution < -0.4 is 0 Å². The number of esters is 1. The van der Waals surface area contributed by atoms with Crippen molar-refractivity contribution >= 4 is 22.3 Å². The van der Waals surface area contributed by atoms with Crippen LogP contribution in [0.1, 0.15) is 54.6 Å². The number of hydrogen-bond acceptors (Lipinski definition) is 7. The van der Waals surface area contributed by atoms with Crippen LogP contribution in [0.25, 0.3) is 4.96 Å². The summed E-state index contributed by atoms with van der Waals surface area (Å²) in [6, 6.07) is 8.47. The van der Waals surface area contributed by atoms with E-state index < -0.39 is 0 Å². The smallest absolute Gasteiger partial charge is 0.308 e. The van der Waals surface area contributed by atoms with Crippen molar-refractivity contribution in [2.24, 2.45) is 5.92 Å². The van der Waals surface area contributed by atoms with Gasteiger partial charge in [0.2, 0.25) is 10.8 Å². The third kappa shape index (κ3) is 3.81. The van der Waals surface area contributed by atoms with Crippen LogP contribution in [0.15, 0.2) is 24.3 Å². The molecule has 0 spiro atoms. The van der Waals surface area contributed by atoms with E-state index in [0.717, 1.165) is 55.0 Å². The van der Waals surface area contributed by atoms with Gasteiger partial charge in [-0.25, -0.2) is 4.98 Å². The number of benzene rings is 1. The number of carbonyl (C=O) groups excluding carboxylic acids is 1. The number of fused-ring (bicyclic) bond motifs is 1. The molecule has 1 saturated heterocycles. The van der Waals surface area contributed by atoms with Crippen molar-refractivity contribution in [2.75, 3.05) is 20.2 Å². The van der Waals surface area contributed by atoms with E-state index in [1.807, 2.05) is 6.92 Å². The molecule has 1 fully saturated rings. The Hall–Kier alpha value is -2.45. The normalized spacial score (nSPS) is 16.8. The molecule has 0 bridgehead atoms. The lowest BCUT2D eigenvalue weighted by molar-refractivity contribution is -0.147. The molecular formula is C22H28N4O3S. The Morgan fingerprint density at radius 2 is 1.93 bits per heavy atom. The van der Waals surface area contributed by atoms with Crippen molar-refractivity contribution in [1.82, 2.24) is 19.5 Å². The fraction of sp³-hybridized carbons (Fsp3) is 0.500. The number of aromatic hydroxyl groups is 1. The summed E-state index contributed by atoms with van der Waals surface area (Å²) in [7, 11) is 1.45. The zero-order valence-electron chi connectivity index (χ0n) is 17.7. The van der Waals surface area contributed by atoms with Crippen LogP contribution in [-0.2, 0) is 22.4 Å². The van der Waals surface area contributed by atoms with E-state index in [1.54, 1.807) is 4.52 Å². The number of nitrogens with zero attached hydrogens (tertiary/aromatic N) is 4. The largest absolute Gasteiger partial charge is 0.492 e. The second-order valence-electron chi connectivity index (χ2n) is 7.70. The maximum absolute atomic E-state index is 12.0. The number of aryl methyl sites for hydroxylation is 2. The first-order chi connectivity index (χ1) is 14.5. The highest BCUT2D eigenvalue weighted by Crippen LogP contribution is 2.41. The maximum Gasteiger partial charge on any atom is 0.308 e. The third-order valence-electron chi connectivity index (χ3n) is 5.94. The number of likely N-dealkylation sites (tertiary alicyclic amines) is 1. The summed E-state index contributed by atoms with van der Waals surface area (Å²) in [6.07, 6.45) is 3.21. The number of methoxy groups -OCH3 is 1. The Morgan fingerprint density at radius 1 is 1.23 bits per heavy atom. The van der Waals surface area contributed by atoms with Crippen LogP contribution in [0.2, 0.25) is 0 Å². The molecule has 0 saturated carbocycles. The molecule has 7 nitrogen and oxygen atoms in total. The van der Waals surface area contributed by atoms with E-state index in [0.29, 0.717) is 4.96 Å². The van der Waals surface area contributed by atoms with Crippen molar-refractivity contribution < 1.29 is 14.6 Å². The summed E-state index contributed by atoms with van der Waals surface area (Å²) in [5.41, 5.74) is 2.40. The fourth-order valence-corrected chi connectivity index (χ4v) is 5.28. The van der Waals surface area contributed by atoms with Crippen LogP contribution in [-0.4, -0.2) is 50.8 Å². The second kappa shape index (κ2) is 8.73. The minimum absolute atomic E-state index is 0.0580. The molecule has 8 heteroatoms. The summed E-state index contributed by atoms with van der Waals surface area (Å²) >= 11 is 1.48. The highest BCUT2D eigenvalue weighted by molar-refractivity contribution is 7.17. The molecule has 2 aromatic heterocycles. The molecule has 0 amide bonds. The van der Waals surface area contributed by atoms with E-state index >= 15 is 0 Å². The Bertz CT molecular complexity index is 1020. The van der Waals surface area contributed by atoms with Gasteiger partial charge in [0, 0.05) is 6.42 Å². The van der Waals surface area contributed by atoms with Crippen LogP contribution >= 0.6 is 11.3 Å². The number of hydrogen-bond donors (Lipinski definition) is 1. The quantitative estimate of drug-likeness (QED) is 0.605. The minimum atomic E-state index is -0.132. The average molecular weight is 429 g/mol. The summed E-state index contributed by atoms with van der Waals surface area (Å²) in [4.78, 5) is 20.4. The van der Waals surface area contributed by atoms with Gasteiger partial charge in [-0.15, -0.1) is 5.10 Å².